The molecule has 1 aliphatic carbocycles. The molecule has 1 aromatic heterocycles. The molecule has 9 nitrogen and oxygen atoms in total. The van der Waals surface area contributed by atoms with Crippen LogP contribution in [0.2, 0.25) is 0 Å². The largest absolute Gasteiger partial charge is 0.365 e. The molecule has 4 aliphatic rings. The van der Waals surface area contributed by atoms with Crippen molar-refractivity contribution in [1.82, 2.24) is 20.1 Å². The number of thiazole rings is 1. The number of fused-ring (bicyclic) bond motifs is 1. The number of halogens is 1. The number of carbonyl (C=O) groups excluding carboxylic acids is 3. The van der Waals surface area contributed by atoms with Gasteiger partial charge in [0.2, 0.25) is 5.91 Å². The van der Waals surface area contributed by atoms with Crippen LogP contribution < -0.4 is 10.2 Å². The predicted octanol–water partition coefficient (Wildman–Crippen LogP) is 2.37. The van der Waals surface area contributed by atoms with Crippen molar-refractivity contribution in [2.24, 2.45) is 5.92 Å². The second-order valence-corrected chi connectivity index (χ2v) is 11.9. The number of ether oxygens (including phenoxy) is 1. The van der Waals surface area contributed by atoms with E-state index in [1.54, 1.807) is 23.5 Å². The van der Waals surface area contributed by atoms with Crippen molar-refractivity contribution in [3.05, 3.63) is 35.2 Å². The summed E-state index contributed by atoms with van der Waals surface area (Å²) in [5, 5.41) is 5.98. The zero-order chi connectivity index (χ0) is 27.1. The van der Waals surface area contributed by atoms with Crippen LogP contribution in [0.25, 0.3) is 11.3 Å². The molecule has 3 aliphatic heterocycles. The standard InChI is InChI=1S/C28H34FN5O4S/c1-32-10-12-33(13-11-32)28-30-21(16-39-28)17-6-8-19(9-7-17)26(36)31-23(18-4-2-3-5-18)27(37)34-14-20(29)25-24(34)22(35)15-38-25/h6-9,16,18,20,23-25H,2-5,10-15H2,1H3,(H,31,36)/t20-,23+,24-,25-/m1/s1. The maximum atomic E-state index is 14.6. The number of aromatic nitrogens is 1. The van der Waals surface area contributed by atoms with E-state index in [1.165, 1.54) is 4.90 Å². The lowest BCUT2D eigenvalue weighted by atomic mass is 9.95. The van der Waals surface area contributed by atoms with E-state index in [1.807, 2.05) is 17.5 Å². The topological polar surface area (TPSA) is 95.1 Å². The summed E-state index contributed by atoms with van der Waals surface area (Å²) in [6, 6.07) is 5.53. The van der Waals surface area contributed by atoms with Crippen LogP contribution in [0.4, 0.5) is 9.52 Å². The van der Waals surface area contributed by atoms with E-state index >= 15 is 0 Å². The van der Waals surface area contributed by atoms with Gasteiger partial charge < -0.3 is 24.8 Å². The Kier molecular flexibility index (Phi) is 7.39. The van der Waals surface area contributed by atoms with Gasteiger partial charge in [0, 0.05) is 42.7 Å². The molecule has 0 radical (unpaired) electrons. The number of carbonyl (C=O) groups is 3. The summed E-state index contributed by atoms with van der Waals surface area (Å²) < 4.78 is 19.9. The zero-order valence-electron chi connectivity index (χ0n) is 22.1. The van der Waals surface area contributed by atoms with Crippen molar-refractivity contribution in [3.8, 4) is 11.3 Å². The van der Waals surface area contributed by atoms with Gasteiger partial charge in [-0.1, -0.05) is 25.0 Å². The van der Waals surface area contributed by atoms with Crippen LogP contribution >= 0.6 is 11.3 Å². The first kappa shape index (κ1) is 26.3. The first-order valence-electron chi connectivity index (χ1n) is 13.8. The summed E-state index contributed by atoms with van der Waals surface area (Å²) >= 11 is 1.62. The van der Waals surface area contributed by atoms with Gasteiger partial charge in [-0.2, -0.15) is 0 Å². The second kappa shape index (κ2) is 10.9. The summed E-state index contributed by atoms with van der Waals surface area (Å²) in [6.07, 6.45) is 1.25. The molecule has 2 aromatic rings. The monoisotopic (exact) mass is 555 g/mol. The number of Topliss-reactive ketones (excluding diaryl/α,β-unsaturated/α-hetero) is 1. The molecule has 208 valence electrons. The van der Waals surface area contributed by atoms with Crippen molar-refractivity contribution in [2.45, 2.75) is 50.0 Å². The number of nitrogens with one attached hydrogen (secondary N) is 1. The SMILES string of the molecule is CN1CCN(c2nc(-c3ccc(C(=O)N[C@H](C(=O)N4C[C@@H](F)[C@H]5OCC(=O)[C@H]54)C4CCCC4)cc3)cs2)CC1. The molecule has 1 N–H and O–H groups in total. The quantitative estimate of drug-likeness (QED) is 0.585. The van der Waals surface area contributed by atoms with Gasteiger partial charge in [0.25, 0.3) is 5.91 Å². The van der Waals surface area contributed by atoms with Crippen LogP contribution in [-0.2, 0) is 14.3 Å². The minimum absolute atomic E-state index is 0.0433. The number of ketones is 1. The predicted molar refractivity (Wildman–Crippen MR) is 146 cm³/mol. The van der Waals surface area contributed by atoms with Crippen molar-refractivity contribution >= 4 is 34.1 Å². The lowest BCUT2D eigenvalue weighted by Gasteiger charge is -2.32. The van der Waals surface area contributed by atoms with Crippen LogP contribution in [0.3, 0.4) is 0 Å². The number of hydrogen-bond acceptors (Lipinski definition) is 8. The van der Waals surface area contributed by atoms with Crippen LogP contribution in [0.1, 0.15) is 36.0 Å². The maximum Gasteiger partial charge on any atom is 0.251 e. The summed E-state index contributed by atoms with van der Waals surface area (Å²) in [4.78, 5) is 50.1. The number of alkyl halides is 1. The Hall–Kier alpha value is -2.89. The third kappa shape index (κ3) is 5.19. The summed E-state index contributed by atoms with van der Waals surface area (Å²) in [5.41, 5.74) is 2.23. The number of piperazine rings is 1. The summed E-state index contributed by atoms with van der Waals surface area (Å²) in [7, 11) is 2.13. The fourth-order valence-corrected chi connectivity index (χ4v) is 7.12. The van der Waals surface area contributed by atoms with Crippen molar-refractivity contribution in [2.75, 3.05) is 51.3 Å². The minimum atomic E-state index is -1.40. The molecule has 39 heavy (non-hydrogen) atoms. The molecule has 1 aromatic carbocycles. The number of likely N-dealkylation sites (N-methyl/N-ethyl adjacent to an activating group) is 1. The molecule has 4 heterocycles. The lowest BCUT2D eigenvalue weighted by molar-refractivity contribution is -0.139. The molecule has 4 fully saturated rings. The molecular formula is C28H34FN5O4S. The molecule has 11 heteroatoms. The van der Waals surface area contributed by atoms with E-state index in [-0.39, 0.29) is 36.7 Å². The average Bonchev–Trinajstić information content (AvgIpc) is 3.75. The molecule has 1 saturated carbocycles. The first-order chi connectivity index (χ1) is 18.9. The lowest BCUT2D eigenvalue weighted by Crippen LogP contribution is -2.54. The van der Waals surface area contributed by atoms with Gasteiger partial charge in [-0.05, 0) is 37.9 Å². The molecule has 0 spiro atoms. The smallest absolute Gasteiger partial charge is 0.251 e. The van der Waals surface area contributed by atoms with E-state index in [4.69, 9.17) is 9.72 Å². The fourth-order valence-electron chi connectivity index (χ4n) is 6.23. The Morgan fingerprint density at radius 3 is 2.56 bits per heavy atom. The van der Waals surface area contributed by atoms with Crippen molar-refractivity contribution < 1.29 is 23.5 Å². The summed E-state index contributed by atoms with van der Waals surface area (Å²) in [5.74, 6) is -1.07. The van der Waals surface area contributed by atoms with E-state index in [0.717, 1.165) is 68.3 Å². The van der Waals surface area contributed by atoms with Gasteiger partial charge in [-0.25, -0.2) is 9.37 Å². The highest BCUT2D eigenvalue weighted by Gasteiger charge is 2.54. The molecule has 4 atom stereocenters. The van der Waals surface area contributed by atoms with E-state index in [0.29, 0.717) is 5.56 Å². The molecular weight excluding hydrogens is 521 g/mol. The first-order valence-corrected chi connectivity index (χ1v) is 14.7. The van der Waals surface area contributed by atoms with Crippen LogP contribution in [-0.4, -0.2) is 103 Å². The number of amides is 2. The summed E-state index contributed by atoms with van der Waals surface area (Å²) in [6.45, 7) is 3.57. The molecule has 0 bridgehead atoms. The highest BCUT2D eigenvalue weighted by atomic mass is 32.1. The highest BCUT2D eigenvalue weighted by molar-refractivity contribution is 7.14. The van der Waals surface area contributed by atoms with Gasteiger partial charge in [0.15, 0.2) is 10.9 Å². The number of anilines is 1. The van der Waals surface area contributed by atoms with Crippen LogP contribution in [0.5, 0.6) is 0 Å². The third-order valence-corrected chi connectivity index (χ3v) is 9.44. The molecule has 3 saturated heterocycles. The Balaban J connectivity index is 1.15. The Morgan fingerprint density at radius 2 is 1.85 bits per heavy atom. The Labute approximate surface area is 231 Å². The fraction of sp³-hybridized carbons (Fsp3) is 0.571. The second-order valence-electron chi connectivity index (χ2n) is 11.1. The molecule has 0 unspecified atom stereocenters. The average molecular weight is 556 g/mol. The Morgan fingerprint density at radius 1 is 1.13 bits per heavy atom. The minimum Gasteiger partial charge on any atom is -0.365 e. The third-order valence-electron chi connectivity index (χ3n) is 8.54. The molecule has 6 rings (SSSR count). The van der Waals surface area contributed by atoms with Gasteiger partial charge >= 0.3 is 0 Å². The van der Waals surface area contributed by atoms with Crippen molar-refractivity contribution in [1.29, 1.82) is 0 Å². The number of nitrogens with zero attached hydrogens (tertiary/aromatic N) is 4. The zero-order valence-corrected chi connectivity index (χ0v) is 22.9. The molecule has 2 amide bonds. The van der Waals surface area contributed by atoms with Gasteiger partial charge in [0.05, 0.1) is 12.2 Å². The number of benzene rings is 1. The Bertz CT molecular complexity index is 1220. The normalized spacial score (nSPS) is 26.7. The highest BCUT2D eigenvalue weighted by Crippen LogP contribution is 2.34. The maximum absolute atomic E-state index is 14.6. The van der Waals surface area contributed by atoms with Gasteiger partial charge in [-0.3, -0.25) is 14.4 Å². The van der Waals surface area contributed by atoms with E-state index < -0.39 is 24.4 Å². The van der Waals surface area contributed by atoms with Crippen LogP contribution in [0, 0.1) is 5.92 Å². The number of hydrogen-bond donors (Lipinski definition) is 1. The van der Waals surface area contributed by atoms with Crippen LogP contribution in [0.15, 0.2) is 29.6 Å². The number of rotatable bonds is 6. The number of likely N-dealkylation sites (tertiary alicyclic amines) is 1. The van der Waals surface area contributed by atoms with Gasteiger partial charge in [-0.15, -0.1) is 11.3 Å². The van der Waals surface area contributed by atoms with Crippen molar-refractivity contribution in [3.63, 3.8) is 0 Å². The van der Waals surface area contributed by atoms with Gasteiger partial charge in [0.1, 0.15) is 31.0 Å². The van der Waals surface area contributed by atoms with E-state index in [9.17, 15) is 18.8 Å². The van der Waals surface area contributed by atoms with E-state index in [2.05, 4.69) is 22.2 Å².